The van der Waals surface area contributed by atoms with Crippen LogP contribution < -0.4 is 14.4 Å². The van der Waals surface area contributed by atoms with Gasteiger partial charge in [0.15, 0.2) is 6.61 Å². The Balaban J connectivity index is 1.92. The lowest BCUT2D eigenvalue weighted by Gasteiger charge is -2.18. The van der Waals surface area contributed by atoms with E-state index in [2.05, 4.69) is 5.32 Å². The SMILES string of the molecule is CN(c1ccc(OCC(=O)NCCC(=O)O)cc1)S(=O)(=O)c1cccs1. The molecule has 0 bridgehead atoms. The molecular formula is C16H18N2O6S2. The molecule has 0 atom stereocenters. The Morgan fingerprint density at radius 3 is 2.50 bits per heavy atom. The van der Waals surface area contributed by atoms with E-state index in [0.29, 0.717) is 11.4 Å². The molecule has 0 aliphatic rings. The minimum atomic E-state index is -3.61. The maximum absolute atomic E-state index is 12.5. The van der Waals surface area contributed by atoms with Gasteiger partial charge in [-0.05, 0) is 35.7 Å². The zero-order valence-electron chi connectivity index (χ0n) is 13.9. The summed E-state index contributed by atoms with van der Waals surface area (Å²) in [5.74, 6) is -1.04. The number of rotatable bonds is 9. The Labute approximate surface area is 155 Å². The smallest absolute Gasteiger partial charge is 0.305 e. The fraction of sp³-hybridized carbons (Fsp3) is 0.250. The number of anilines is 1. The van der Waals surface area contributed by atoms with Crippen LogP contribution >= 0.6 is 11.3 Å². The quantitative estimate of drug-likeness (QED) is 0.663. The van der Waals surface area contributed by atoms with Crippen LogP contribution in [-0.4, -0.2) is 45.6 Å². The second-order valence-corrected chi connectivity index (χ2v) is 8.32. The van der Waals surface area contributed by atoms with Gasteiger partial charge in [0, 0.05) is 13.6 Å². The average molecular weight is 398 g/mol. The first kappa shape index (κ1) is 19.7. The lowest BCUT2D eigenvalue weighted by Crippen LogP contribution is -2.30. The normalized spacial score (nSPS) is 11.0. The van der Waals surface area contributed by atoms with E-state index >= 15 is 0 Å². The molecule has 0 saturated heterocycles. The van der Waals surface area contributed by atoms with Gasteiger partial charge in [0.25, 0.3) is 15.9 Å². The number of benzene rings is 1. The minimum absolute atomic E-state index is 0.0296. The first-order valence-corrected chi connectivity index (χ1v) is 9.86. The molecule has 2 aromatic rings. The molecule has 10 heteroatoms. The number of aliphatic carboxylic acids is 1. The highest BCUT2D eigenvalue weighted by molar-refractivity contribution is 7.94. The second kappa shape index (κ2) is 8.68. The Morgan fingerprint density at radius 2 is 1.92 bits per heavy atom. The fourth-order valence-electron chi connectivity index (χ4n) is 1.95. The number of ether oxygens (including phenoxy) is 1. The van der Waals surface area contributed by atoms with Gasteiger partial charge in [-0.3, -0.25) is 13.9 Å². The predicted molar refractivity (Wildman–Crippen MR) is 97.1 cm³/mol. The summed E-state index contributed by atoms with van der Waals surface area (Å²) in [5, 5.41) is 12.6. The van der Waals surface area contributed by atoms with Gasteiger partial charge in [0.1, 0.15) is 9.96 Å². The lowest BCUT2D eigenvalue weighted by atomic mass is 10.3. The summed E-state index contributed by atoms with van der Waals surface area (Å²) in [6, 6.07) is 9.47. The third-order valence-electron chi connectivity index (χ3n) is 3.34. The summed E-state index contributed by atoms with van der Waals surface area (Å²) in [7, 11) is -2.15. The molecule has 0 unspecified atom stereocenters. The Kier molecular flexibility index (Phi) is 6.58. The third-order valence-corrected chi connectivity index (χ3v) is 6.50. The van der Waals surface area contributed by atoms with Crippen molar-refractivity contribution >= 4 is 38.9 Å². The van der Waals surface area contributed by atoms with Crippen molar-refractivity contribution in [1.82, 2.24) is 5.32 Å². The van der Waals surface area contributed by atoms with Gasteiger partial charge in [-0.25, -0.2) is 8.42 Å². The van der Waals surface area contributed by atoms with Crippen LogP contribution in [0.5, 0.6) is 5.75 Å². The maximum Gasteiger partial charge on any atom is 0.305 e. The third kappa shape index (κ3) is 5.20. The molecule has 1 aromatic heterocycles. The number of carboxylic acids is 1. The van der Waals surface area contributed by atoms with Gasteiger partial charge >= 0.3 is 5.97 Å². The van der Waals surface area contributed by atoms with Crippen LogP contribution in [0.15, 0.2) is 46.0 Å². The highest BCUT2D eigenvalue weighted by Gasteiger charge is 2.22. The topological polar surface area (TPSA) is 113 Å². The van der Waals surface area contributed by atoms with E-state index in [4.69, 9.17) is 9.84 Å². The summed E-state index contributed by atoms with van der Waals surface area (Å²) < 4.78 is 31.6. The van der Waals surface area contributed by atoms with Gasteiger partial charge in [-0.2, -0.15) is 0 Å². The predicted octanol–water partition coefficient (Wildman–Crippen LogP) is 1.54. The van der Waals surface area contributed by atoms with Crippen molar-refractivity contribution in [3.63, 3.8) is 0 Å². The van der Waals surface area contributed by atoms with Gasteiger partial charge < -0.3 is 15.2 Å². The Bertz CT molecular complexity index is 847. The number of nitrogens with one attached hydrogen (secondary N) is 1. The van der Waals surface area contributed by atoms with Gasteiger partial charge in [-0.1, -0.05) is 6.07 Å². The van der Waals surface area contributed by atoms with Gasteiger partial charge in [0.05, 0.1) is 12.1 Å². The van der Waals surface area contributed by atoms with Crippen LogP contribution in [0.3, 0.4) is 0 Å². The Morgan fingerprint density at radius 1 is 1.23 bits per heavy atom. The molecule has 0 aliphatic heterocycles. The van der Waals surface area contributed by atoms with Crippen molar-refractivity contribution < 1.29 is 27.9 Å². The second-order valence-electron chi connectivity index (χ2n) is 5.18. The van der Waals surface area contributed by atoms with E-state index in [1.165, 1.54) is 17.4 Å². The van der Waals surface area contributed by atoms with E-state index in [0.717, 1.165) is 11.3 Å². The highest BCUT2D eigenvalue weighted by Crippen LogP contribution is 2.26. The molecule has 140 valence electrons. The minimum Gasteiger partial charge on any atom is -0.484 e. The number of carboxylic acid groups (broad SMARTS) is 1. The van der Waals surface area contributed by atoms with E-state index in [-0.39, 0.29) is 23.8 Å². The zero-order valence-corrected chi connectivity index (χ0v) is 15.5. The molecule has 0 radical (unpaired) electrons. The van der Waals surface area contributed by atoms with Crippen LogP contribution in [0.1, 0.15) is 6.42 Å². The molecular weight excluding hydrogens is 380 g/mol. The molecule has 0 aliphatic carbocycles. The number of thiophene rings is 1. The number of amides is 1. The van der Waals surface area contributed by atoms with Crippen LogP contribution in [-0.2, 0) is 19.6 Å². The Hall–Kier alpha value is -2.59. The number of hydrogen-bond acceptors (Lipinski definition) is 6. The largest absolute Gasteiger partial charge is 0.484 e. The molecule has 1 aromatic carbocycles. The summed E-state index contributed by atoms with van der Waals surface area (Å²) in [6.45, 7) is -0.232. The molecule has 1 amide bonds. The van der Waals surface area contributed by atoms with Crippen molar-refractivity contribution in [2.75, 3.05) is 24.5 Å². The van der Waals surface area contributed by atoms with Crippen LogP contribution in [0.2, 0.25) is 0 Å². The number of nitrogens with zero attached hydrogens (tertiary/aromatic N) is 1. The number of carbonyl (C=O) groups is 2. The average Bonchev–Trinajstić information content (AvgIpc) is 3.15. The van der Waals surface area contributed by atoms with E-state index < -0.39 is 21.9 Å². The summed E-state index contributed by atoms with van der Waals surface area (Å²) in [6.07, 6.45) is -0.161. The maximum atomic E-state index is 12.5. The summed E-state index contributed by atoms with van der Waals surface area (Å²) >= 11 is 1.14. The van der Waals surface area contributed by atoms with E-state index in [1.54, 1.807) is 35.7 Å². The molecule has 26 heavy (non-hydrogen) atoms. The van der Waals surface area contributed by atoms with Crippen molar-refractivity contribution in [3.05, 3.63) is 41.8 Å². The number of hydrogen-bond donors (Lipinski definition) is 2. The molecule has 0 saturated carbocycles. The van der Waals surface area contributed by atoms with Gasteiger partial charge in [0.2, 0.25) is 0 Å². The van der Waals surface area contributed by atoms with E-state index in [1.807, 2.05) is 0 Å². The zero-order chi connectivity index (χ0) is 19.2. The van der Waals surface area contributed by atoms with Gasteiger partial charge in [-0.15, -0.1) is 11.3 Å². The molecule has 8 nitrogen and oxygen atoms in total. The van der Waals surface area contributed by atoms with Crippen molar-refractivity contribution in [3.8, 4) is 5.75 Å². The number of sulfonamides is 1. The van der Waals surface area contributed by atoms with Crippen molar-refractivity contribution in [2.24, 2.45) is 0 Å². The number of carbonyl (C=O) groups excluding carboxylic acids is 1. The molecule has 0 spiro atoms. The van der Waals surface area contributed by atoms with Crippen LogP contribution in [0.25, 0.3) is 0 Å². The molecule has 2 rings (SSSR count). The standard InChI is InChI=1S/C16H18N2O6S2/c1-18(26(22,23)16-3-2-10-25-16)12-4-6-13(7-5-12)24-11-14(19)17-9-8-15(20)21/h2-7,10H,8-9,11H2,1H3,(H,17,19)(H,20,21). The van der Waals surface area contributed by atoms with E-state index in [9.17, 15) is 18.0 Å². The summed E-state index contributed by atoms with van der Waals surface area (Å²) in [4.78, 5) is 21.9. The molecule has 0 fully saturated rings. The van der Waals surface area contributed by atoms with Crippen molar-refractivity contribution in [2.45, 2.75) is 10.6 Å². The van der Waals surface area contributed by atoms with Crippen LogP contribution in [0, 0.1) is 0 Å². The molecule has 1 heterocycles. The van der Waals surface area contributed by atoms with Crippen molar-refractivity contribution in [1.29, 1.82) is 0 Å². The highest BCUT2D eigenvalue weighted by atomic mass is 32.2. The lowest BCUT2D eigenvalue weighted by molar-refractivity contribution is -0.137. The first-order valence-electron chi connectivity index (χ1n) is 7.54. The fourth-order valence-corrected chi connectivity index (χ4v) is 4.30. The van der Waals surface area contributed by atoms with Crippen LogP contribution in [0.4, 0.5) is 5.69 Å². The first-order chi connectivity index (χ1) is 12.3. The monoisotopic (exact) mass is 398 g/mol. The summed E-state index contributed by atoms with van der Waals surface area (Å²) in [5.41, 5.74) is 0.455. The molecule has 2 N–H and O–H groups in total.